The third-order valence-corrected chi connectivity index (χ3v) is 11.2. The average Bonchev–Trinajstić information content (AvgIpc) is 3.17. The molecule has 8 heteroatoms. The molecular weight excluding hydrogens is 476 g/mol. The zero-order valence-corrected chi connectivity index (χ0v) is 23.3. The van der Waals surface area contributed by atoms with Crippen molar-refractivity contribution in [3.8, 4) is 0 Å². The molecule has 4 aliphatic rings. The van der Waals surface area contributed by atoms with Gasteiger partial charge < -0.3 is 24.4 Å². The second kappa shape index (κ2) is 10.5. The molecule has 37 heavy (non-hydrogen) atoms. The fourth-order valence-electron chi connectivity index (χ4n) is 9.51. The van der Waals surface area contributed by atoms with Gasteiger partial charge in [-0.05, 0) is 80.0 Å². The van der Waals surface area contributed by atoms with Crippen molar-refractivity contribution in [3.63, 3.8) is 0 Å². The van der Waals surface area contributed by atoms with Crippen molar-refractivity contribution < 1.29 is 38.8 Å². The fraction of sp³-hybridized carbons (Fsp3) is 0.897. The molecule has 0 radical (unpaired) electrons. The number of ether oxygens (including phenoxy) is 3. The normalized spacial score (nSPS) is 45.6. The molecule has 0 aromatic carbocycles. The standard InChI is InChI=1S/C29H46O8/c1-15(7-10-26(34)35-6)20-8-9-21-27-22(14-25(29(20,21)5)37-17(3)31)28(4)18(11-19(32)13-24(28)33)12-23(27)36-16(2)30/h15,18-25,27,32-33H,7-14H2,1-6H3/t15-,18+,19-,20-,21+,22+,23-,24-,25+,27+,28+,29-/m1/s1. The number of rotatable bonds is 6. The van der Waals surface area contributed by atoms with E-state index in [4.69, 9.17) is 14.2 Å². The number of methoxy groups -OCH3 is 1. The second-order valence-electron chi connectivity index (χ2n) is 12.9. The van der Waals surface area contributed by atoms with Gasteiger partial charge in [0.15, 0.2) is 0 Å². The van der Waals surface area contributed by atoms with E-state index in [0.29, 0.717) is 38.5 Å². The van der Waals surface area contributed by atoms with Crippen LogP contribution >= 0.6 is 0 Å². The summed E-state index contributed by atoms with van der Waals surface area (Å²) in [4.78, 5) is 36.5. The van der Waals surface area contributed by atoms with Crippen molar-refractivity contribution in [2.45, 2.75) is 110 Å². The van der Waals surface area contributed by atoms with Gasteiger partial charge in [-0.15, -0.1) is 0 Å². The van der Waals surface area contributed by atoms with E-state index in [9.17, 15) is 24.6 Å². The highest BCUT2D eigenvalue weighted by Crippen LogP contribution is 2.69. The first kappa shape index (κ1) is 28.3. The molecule has 0 unspecified atom stereocenters. The minimum atomic E-state index is -0.675. The van der Waals surface area contributed by atoms with Crippen LogP contribution in [-0.2, 0) is 28.6 Å². The van der Waals surface area contributed by atoms with Crippen LogP contribution in [0.1, 0.15) is 86.0 Å². The van der Waals surface area contributed by atoms with Crippen molar-refractivity contribution in [1.82, 2.24) is 0 Å². The molecule has 0 aliphatic heterocycles. The Hall–Kier alpha value is -1.67. The highest BCUT2D eigenvalue weighted by Gasteiger charge is 2.69. The van der Waals surface area contributed by atoms with Gasteiger partial charge in [0.05, 0.1) is 19.3 Å². The number of aliphatic hydroxyl groups excluding tert-OH is 2. The van der Waals surface area contributed by atoms with Crippen molar-refractivity contribution in [2.75, 3.05) is 7.11 Å². The molecule has 210 valence electrons. The summed E-state index contributed by atoms with van der Waals surface area (Å²) in [6, 6.07) is 0. The Morgan fingerprint density at radius 3 is 2.22 bits per heavy atom. The average molecular weight is 523 g/mol. The Kier molecular flexibility index (Phi) is 8.03. The number of fused-ring (bicyclic) bond motifs is 5. The van der Waals surface area contributed by atoms with Gasteiger partial charge in [-0.2, -0.15) is 0 Å². The topological polar surface area (TPSA) is 119 Å². The zero-order chi connectivity index (χ0) is 27.3. The van der Waals surface area contributed by atoms with E-state index < -0.39 is 17.6 Å². The Morgan fingerprint density at radius 2 is 1.59 bits per heavy atom. The maximum absolute atomic E-state index is 12.4. The quantitative estimate of drug-likeness (QED) is 0.401. The molecule has 0 bridgehead atoms. The summed E-state index contributed by atoms with van der Waals surface area (Å²) in [5, 5.41) is 21.9. The third kappa shape index (κ3) is 4.81. The molecule has 0 saturated heterocycles. The van der Waals surface area contributed by atoms with Gasteiger partial charge in [-0.3, -0.25) is 14.4 Å². The van der Waals surface area contributed by atoms with Crippen LogP contribution in [0.5, 0.6) is 0 Å². The van der Waals surface area contributed by atoms with E-state index in [-0.39, 0.29) is 71.0 Å². The second-order valence-corrected chi connectivity index (χ2v) is 12.9. The van der Waals surface area contributed by atoms with Crippen LogP contribution in [0.2, 0.25) is 0 Å². The molecule has 12 atom stereocenters. The summed E-state index contributed by atoms with van der Waals surface area (Å²) >= 11 is 0. The first-order valence-electron chi connectivity index (χ1n) is 14.1. The molecule has 0 aromatic heterocycles. The Labute approximate surface area is 220 Å². The minimum Gasteiger partial charge on any atom is -0.469 e. The lowest BCUT2D eigenvalue weighted by molar-refractivity contribution is -0.243. The summed E-state index contributed by atoms with van der Waals surface area (Å²) in [6.45, 7) is 9.44. The van der Waals surface area contributed by atoms with Gasteiger partial charge in [-0.1, -0.05) is 20.8 Å². The summed E-state index contributed by atoms with van der Waals surface area (Å²) in [7, 11) is 1.41. The SMILES string of the molecule is COC(=O)CC[C@@H](C)[C@H]1CC[C@H]2[C@@H]3[C@H](OC(C)=O)C[C@@H]4C[C@@H](O)C[C@@H](O)[C@]4(C)[C@H]3C[C@H](OC(C)=O)[C@]12C. The molecule has 8 nitrogen and oxygen atoms in total. The highest BCUT2D eigenvalue weighted by atomic mass is 16.5. The molecule has 0 spiro atoms. The van der Waals surface area contributed by atoms with Crippen molar-refractivity contribution in [2.24, 2.45) is 46.3 Å². The maximum Gasteiger partial charge on any atom is 0.305 e. The van der Waals surface area contributed by atoms with Crippen LogP contribution in [-0.4, -0.2) is 59.6 Å². The predicted molar refractivity (Wildman–Crippen MR) is 135 cm³/mol. The lowest BCUT2D eigenvalue weighted by Gasteiger charge is -2.65. The van der Waals surface area contributed by atoms with Crippen LogP contribution in [0.3, 0.4) is 0 Å². The van der Waals surface area contributed by atoms with E-state index in [2.05, 4.69) is 20.8 Å². The van der Waals surface area contributed by atoms with Gasteiger partial charge >= 0.3 is 17.9 Å². The summed E-state index contributed by atoms with van der Waals surface area (Å²) < 4.78 is 17.0. The number of carbonyl (C=O) groups is 3. The van der Waals surface area contributed by atoms with Gasteiger partial charge in [-0.25, -0.2) is 0 Å². The molecule has 0 heterocycles. The Morgan fingerprint density at radius 1 is 0.919 bits per heavy atom. The van der Waals surface area contributed by atoms with Crippen molar-refractivity contribution in [1.29, 1.82) is 0 Å². The van der Waals surface area contributed by atoms with Crippen LogP contribution in [0.25, 0.3) is 0 Å². The minimum absolute atomic E-state index is 0.00958. The van der Waals surface area contributed by atoms with Crippen LogP contribution in [0, 0.1) is 46.3 Å². The number of hydrogen-bond acceptors (Lipinski definition) is 8. The molecule has 4 saturated carbocycles. The Bertz CT molecular complexity index is 889. The summed E-state index contributed by atoms with van der Waals surface area (Å²) in [5.41, 5.74) is -0.808. The highest BCUT2D eigenvalue weighted by molar-refractivity contribution is 5.69. The summed E-state index contributed by atoms with van der Waals surface area (Å²) in [6.07, 6.45) is 3.14. The lowest BCUT2D eigenvalue weighted by atomic mass is 9.42. The molecule has 4 rings (SSSR count). The maximum atomic E-state index is 12.4. The van der Waals surface area contributed by atoms with Gasteiger partial charge in [0, 0.05) is 31.6 Å². The number of hydrogen-bond donors (Lipinski definition) is 2. The molecule has 4 fully saturated rings. The van der Waals surface area contributed by atoms with E-state index in [1.807, 2.05) is 0 Å². The van der Waals surface area contributed by atoms with E-state index >= 15 is 0 Å². The summed E-state index contributed by atoms with van der Waals surface area (Å²) in [5.74, 6) is -0.222. The lowest BCUT2D eigenvalue weighted by Crippen LogP contribution is -2.66. The molecule has 2 N–H and O–H groups in total. The monoisotopic (exact) mass is 522 g/mol. The van der Waals surface area contributed by atoms with Crippen LogP contribution in [0.15, 0.2) is 0 Å². The van der Waals surface area contributed by atoms with Gasteiger partial charge in [0.1, 0.15) is 12.2 Å². The molecule has 0 aromatic rings. The van der Waals surface area contributed by atoms with Crippen LogP contribution in [0.4, 0.5) is 0 Å². The first-order chi connectivity index (χ1) is 17.3. The van der Waals surface area contributed by atoms with Gasteiger partial charge in [0.25, 0.3) is 0 Å². The molecular formula is C29H46O8. The molecule has 4 aliphatic carbocycles. The van der Waals surface area contributed by atoms with Crippen molar-refractivity contribution >= 4 is 17.9 Å². The van der Waals surface area contributed by atoms with Crippen LogP contribution < -0.4 is 0 Å². The van der Waals surface area contributed by atoms with Gasteiger partial charge in [0.2, 0.25) is 0 Å². The first-order valence-corrected chi connectivity index (χ1v) is 14.1. The Balaban J connectivity index is 1.74. The number of aliphatic hydroxyl groups is 2. The third-order valence-electron chi connectivity index (χ3n) is 11.2. The zero-order valence-electron chi connectivity index (χ0n) is 23.3. The van der Waals surface area contributed by atoms with Crippen molar-refractivity contribution in [3.05, 3.63) is 0 Å². The predicted octanol–water partition coefficient (Wildman–Crippen LogP) is 3.65. The molecule has 0 amide bonds. The van der Waals surface area contributed by atoms with E-state index in [1.54, 1.807) is 0 Å². The largest absolute Gasteiger partial charge is 0.469 e. The fourth-order valence-corrected chi connectivity index (χ4v) is 9.51. The smallest absolute Gasteiger partial charge is 0.305 e. The number of esters is 3. The van der Waals surface area contributed by atoms with E-state index in [1.165, 1.54) is 21.0 Å². The van der Waals surface area contributed by atoms with E-state index in [0.717, 1.165) is 12.8 Å². The number of carbonyl (C=O) groups excluding carboxylic acids is 3.